The standard InChI is InChI=1S/C20H22N2O3/c1-5-8-22-13(2)9-17(14(22)3)20(24)16(12-21)10-15-6-7-18(23)19(11-15)25-4/h6-7,9-11,23H,5,8H2,1-4H3/b16-10+. The number of ether oxygens (including phenoxy) is 1. The van der Waals surface area contributed by atoms with Gasteiger partial charge < -0.3 is 14.4 Å². The van der Waals surface area contributed by atoms with E-state index in [1.165, 1.54) is 19.3 Å². The van der Waals surface area contributed by atoms with Gasteiger partial charge in [0.15, 0.2) is 11.5 Å². The van der Waals surface area contributed by atoms with E-state index in [2.05, 4.69) is 11.5 Å². The molecule has 0 aliphatic carbocycles. The monoisotopic (exact) mass is 338 g/mol. The van der Waals surface area contributed by atoms with Crippen LogP contribution in [0.25, 0.3) is 6.08 Å². The largest absolute Gasteiger partial charge is 0.504 e. The fourth-order valence-corrected chi connectivity index (χ4v) is 2.84. The maximum Gasteiger partial charge on any atom is 0.205 e. The predicted octanol–water partition coefficient (Wildman–Crippen LogP) is 4.02. The SMILES string of the molecule is CCCn1c(C)cc(C(=O)/C(C#N)=C/c2ccc(O)c(OC)c2)c1C. The second kappa shape index (κ2) is 7.71. The Morgan fingerprint density at radius 2 is 2.08 bits per heavy atom. The van der Waals surface area contributed by atoms with Gasteiger partial charge in [0.05, 0.1) is 7.11 Å². The number of Topliss-reactive ketones (excluding diaryl/α,β-unsaturated/α-hetero) is 1. The highest BCUT2D eigenvalue weighted by Crippen LogP contribution is 2.28. The molecule has 1 aromatic carbocycles. The van der Waals surface area contributed by atoms with Crippen LogP contribution in [0.5, 0.6) is 11.5 Å². The van der Waals surface area contributed by atoms with Gasteiger partial charge in [-0.1, -0.05) is 13.0 Å². The number of nitrogens with zero attached hydrogens (tertiary/aromatic N) is 2. The van der Waals surface area contributed by atoms with Crippen LogP contribution in [0.3, 0.4) is 0 Å². The summed E-state index contributed by atoms with van der Waals surface area (Å²) in [5.74, 6) is -0.00259. The Bertz CT molecular complexity index is 870. The number of methoxy groups -OCH3 is 1. The Balaban J connectivity index is 2.43. The summed E-state index contributed by atoms with van der Waals surface area (Å²) in [6, 6.07) is 8.50. The number of carbonyl (C=O) groups excluding carboxylic acids is 1. The smallest absolute Gasteiger partial charge is 0.205 e. The molecule has 0 atom stereocenters. The van der Waals surface area contributed by atoms with E-state index in [0.29, 0.717) is 16.9 Å². The Hall–Kier alpha value is -3.00. The highest BCUT2D eigenvalue weighted by atomic mass is 16.5. The van der Waals surface area contributed by atoms with E-state index in [1.807, 2.05) is 26.0 Å². The van der Waals surface area contributed by atoms with Crippen LogP contribution in [-0.4, -0.2) is 22.6 Å². The Morgan fingerprint density at radius 1 is 1.36 bits per heavy atom. The third kappa shape index (κ3) is 3.74. The zero-order chi connectivity index (χ0) is 18.6. The highest BCUT2D eigenvalue weighted by Gasteiger charge is 2.19. The molecule has 5 nitrogen and oxygen atoms in total. The van der Waals surface area contributed by atoms with Crippen molar-refractivity contribution in [3.05, 3.63) is 52.4 Å². The third-order valence-electron chi connectivity index (χ3n) is 4.15. The van der Waals surface area contributed by atoms with Crippen molar-refractivity contribution in [2.75, 3.05) is 7.11 Å². The number of hydrogen-bond acceptors (Lipinski definition) is 4. The number of aryl methyl sites for hydroxylation is 1. The van der Waals surface area contributed by atoms with Crippen LogP contribution in [0.2, 0.25) is 0 Å². The van der Waals surface area contributed by atoms with E-state index in [1.54, 1.807) is 12.1 Å². The summed E-state index contributed by atoms with van der Waals surface area (Å²) in [6.45, 7) is 6.78. The number of rotatable bonds is 6. The molecule has 0 saturated heterocycles. The fraction of sp³-hybridized carbons (Fsp3) is 0.300. The molecule has 0 radical (unpaired) electrons. The first kappa shape index (κ1) is 18.3. The summed E-state index contributed by atoms with van der Waals surface area (Å²) in [5.41, 5.74) is 3.08. The summed E-state index contributed by atoms with van der Waals surface area (Å²) < 4.78 is 7.15. The molecular formula is C20H22N2O3. The average molecular weight is 338 g/mol. The Kier molecular flexibility index (Phi) is 5.66. The number of carbonyl (C=O) groups is 1. The van der Waals surface area contributed by atoms with Gasteiger partial charge in [0.2, 0.25) is 5.78 Å². The first-order chi connectivity index (χ1) is 11.9. The number of ketones is 1. The molecule has 0 bridgehead atoms. The molecule has 0 fully saturated rings. The molecule has 0 amide bonds. The molecule has 5 heteroatoms. The summed E-state index contributed by atoms with van der Waals surface area (Å²) in [4.78, 5) is 12.8. The van der Waals surface area contributed by atoms with Gasteiger partial charge in [0.1, 0.15) is 11.6 Å². The number of hydrogen-bond donors (Lipinski definition) is 1. The van der Waals surface area contributed by atoms with Gasteiger partial charge in [0, 0.05) is 23.5 Å². The number of nitriles is 1. The number of aromatic hydroxyl groups is 1. The summed E-state index contributed by atoms with van der Waals surface area (Å²) in [5, 5.41) is 19.1. The van der Waals surface area contributed by atoms with Gasteiger partial charge in [0.25, 0.3) is 0 Å². The number of phenols is 1. The molecule has 2 rings (SSSR count). The average Bonchev–Trinajstić information content (AvgIpc) is 2.89. The van der Waals surface area contributed by atoms with Crippen molar-refractivity contribution < 1.29 is 14.6 Å². The van der Waals surface area contributed by atoms with Gasteiger partial charge in [-0.2, -0.15) is 5.26 Å². The van der Waals surface area contributed by atoms with Crippen LogP contribution >= 0.6 is 0 Å². The van der Waals surface area contributed by atoms with Crippen LogP contribution in [0.1, 0.15) is 40.7 Å². The van der Waals surface area contributed by atoms with Crippen LogP contribution in [0, 0.1) is 25.2 Å². The predicted molar refractivity (Wildman–Crippen MR) is 96.8 cm³/mol. The van der Waals surface area contributed by atoms with Gasteiger partial charge in [-0.15, -0.1) is 0 Å². The maximum absolute atomic E-state index is 12.8. The van der Waals surface area contributed by atoms with Gasteiger partial charge >= 0.3 is 0 Å². The molecule has 0 spiro atoms. The number of allylic oxidation sites excluding steroid dienone is 1. The van der Waals surface area contributed by atoms with Gasteiger partial charge in [-0.25, -0.2) is 0 Å². The van der Waals surface area contributed by atoms with Crippen molar-refractivity contribution in [1.29, 1.82) is 5.26 Å². The fourth-order valence-electron chi connectivity index (χ4n) is 2.84. The zero-order valence-corrected chi connectivity index (χ0v) is 15.0. The lowest BCUT2D eigenvalue weighted by Gasteiger charge is -2.07. The third-order valence-corrected chi connectivity index (χ3v) is 4.15. The highest BCUT2D eigenvalue weighted by molar-refractivity contribution is 6.14. The zero-order valence-electron chi connectivity index (χ0n) is 15.0. The molecular weight excluding hydrogens is 316 g/mol. The molecule has 0 saturated carbocycles. The van der Waals surface area contributed by atoms with Crippen LogP contribution in [-0.2, 0) is 6.54 Å². The van der Waals surface area contributed by atoms with Crippen molar-refractivity contribution in [3.63, 3.8) is 0 Å². The molecule has 1 aromatic heterocycles. The van der Waals surface area contributed by atoms with Crippen molar-refractivity contribution in [2.45, 2.75) is 33.7 Å². The topological polar surface area (TPSA) is 75.2 Å². The number of aromatic nitrogens is 1. The Morgan fingerprint density at radius 3 is 2.68 bits per heavy atom. The number of benzene rings is 1. The van der Waals surface area contributed by atoms with Crippen LogP contribution in [0.4, 0.5) is 0 Å². The van der Waals surface area contributed by atoms with Crippen LogP contribution < -0.4 is 4.74 Å². The first-order valence-electron chi connectivity index (χ1n) is 8.13. The van der Waals surface area contributed by atoms with E-state index in [0.717, 1.165) is 24.4 Å². The lowest BCUT2D eigenvalue weighted by atomic mass is 10.0. The van der Waals surface area contributed by atoms with Gasteiger partial charge in [-0.05, 0) is 50.1 Å². The maximum atomic E-state index is 12.8. The molecule has 1 heterocycles. The molecule has 1 N–H and O–H groups in total. The van der Waals surface area contributed by atoms with E-state index >= 15 is 0 Å². The molecule has 2 aromatic rings. The van der Waals surface area contributed by atoms with Crippen molar-refractivity contribution in [3.8, 4) is 17.6 Å². The minimum atomic E-state index is -0.301. The molecule has 25 heavy (non-hydrogen) atoms. The van der Waals surface area contributed by atoms with E-state index in [-0.39, 0.29) is 17.1 Å². The lowest BCUT2D eigenvalue weighted by Crippen LogP contribution is -2.06. The van der Waals surface area contributed by atoms with Crippen molar-refractivity contribution in [1.82, 2.24) is 4.57 Å². The van der Waals surface area contributed by atoms with Crippen LogP contribution in [0.15, 0.2) is 29.8 Å². The first-order valence-corrected chi connectivity index (χ1v) is 8.13. The lowest BCUT2D eigenvalue weighted by molar-refractivity contribution is 0.103. The van der Waals surface area contributed by atoms with Crippen molar-refractivity contribution >= 4 is 11.9 Å². The molecule has 0 aliphatic rings. The van der Waals surface area contributed by atoms with Gasteiger partial charge in [-0.3, -0.25) is 4.79 Å². The van der Waals surface area contributed by atoms with E-state index < -0.39 is 0 Å². The second-order valence-electron chi connectivity index (χ2n) is 5.87. The van der Waals surface area contributed by atoms with E-state index in [4.69, 9.17) is 4.74 Å². The minimum absolute atomic E-state index is 0.00703. The normalized spacial score (nSPS) is 11.2. The molecule has 0 aliphatic heterocycles. The summed E-state index contributed by atoms with van der Waals surface area (Å²) in [7, 11) is 1.45. The second-order valence-corrected chi connectivity index (χ2v) is 5.87. The molecule has 130 valence electrons. The minimum Gasteiger partial charge on any atom is -0.504 e. The van der Waals surface area contributed by atoms with E-state index in [9.17, 15) is 15.2 Å². The molecule has 0 unspecified atom stereocenters. The quantitative estimate of drug-likeness (QED) is 0.490. The summed E-state index contributed by atoms with van der Waals surface area (Å²) in [6.07, 6.45) is 2.48. The Labute approximate surface area is 147 Å². The number of phenolic OH excluding ortho intramolecular Hbond substituents is 1. The summed E-state index contributed by atoms with van der Waals surface area (Å²) >= 11 is 0. The van der Waals surface area contributed by atoms with Crippen molar-refractivity contribution in [2.24, 2.45) is 0 Å².